The molecule has 0 bridgehead atoms. The lowest BCUT2D eigenvalue weighted by Crippen LogP contribution is -2.55. The smallest absolute Gasteiger partial charge is 0.319 e. The number of hydrogen-bond donors (Lipinski definition) is 1. The van der Waals surface area contributed by atoms with Crippen LogP contribution in [0, 0.1) is 0 Å². The first kappa shape index (κ1) is 22.8. The van der Waals surface area contributed by atoms with Crippen LogP contribution in [0.1, 0.15) is 32.1 Å². The van der Waals surface area contributed by atoms with Crippen LogP contribution in [0.2, 0.25) is 0 Å². The van der Waals surface area contributed by atoms with E-state index in [1.807, 2.05) is 16.7 Å². The molecule has 2 aliphatic rings. The second-order valence-corrected chi connectivity index (χ2v) is 6.51. The van der Waals surface area contributed by atoms with E-state index in [0.29, 0.717) is 45.3 Å². The maximum atomic E-state index is 12.9. The summed E-state index contributed by atoms with van der Waals surface area (Å²) in [4.78, 5) is 24.7. The van der Waals surface area contributed by atoms with Crippen LogP contribution >= 0.6 is 24.0 Å². The third-order valence-electron chi connectivity index (χ3n) is 4.76. The second-order valence-electron chi connectivity index (χ2n) is 6.51. The van der Waals surface area contributed by atoms with Gasteiger partial charge in [-0.1, -0.05) is 0 Å². The maximum Gasteiger partial charge on any atom is 0.319 e. The molecule has 0 aromatic carbocycles. The number of guanidine groups is 1. The number of rotatable bonds is 5. The lowest BCUT2D eigenvalue weighted by atomic mass is 10.2. The monoisotopic (exact) mass is 512 g/mol. The second kappa shape index (κ2) is 10.9. The van der Waals surface area contributed by atoms with E-state index in [-0.39, 0.29) is 48.4 Å². The van der Waals surface area contributed by atoms with E-state index in [4.69, 9.17) is 4.74 Å². The standard InChI is InChI=1S/C17H26F2N6O2.HI/c1-2-20-17(22-12-14-21-5-6-25(14)16(18)19)24-9-7-23(8-10-24)15(26)13-4-3-11-27-13;/h5-6,13,16H,2-4,7-12H2,1H3,(H,20,22);1H. The topological polar surface area (TPSA) is 75.0 Å². The SMILES string of the molecule is CCNC(=NCc1nccn1C(F)F)N1CCN(C(=O)C2CCCO2)CC1.I. The van der Waals surface area contributed by atoms with Gasteiger partial charge in [-0.15, -0.1) is 24.0 Å². The zero-order valence-corrected chi connectivity index (χ0v) is 18.2. The molecule has 158 valence electrons. The first-order valence-electron chi connectivity index (χ1n) is 9.33. The summed E-state index contributed by atoms with van der Waals surface area (Å²) in [5.41, 5.74) is 0. The van der Waals surface area contributed by atoms with E-state index < -0.39 is 6.55 Å². The summed E-state index contributed by atoms with van der Waals surface area (Å²) in [7, 11) is 0. The van der Waals surface area contributed by atoms with Gasteiger partial charge in [0.15, 0.2) is 5.96 Å². The number of halogens is 3. The van der Waals surface area contributed by atoms with E-state index in [2.05, 4.69) is 15.3 Å². The van der Waals surface area contributed by atoms with Gasteiger partial charge in [0.1, 0.15) is 18.5 Å². The third kappa shape index (κ3) is 5.52. The first-order chi connectivity index (χ1) is 13.1. The molecule has 28 heavy (non-hydrogen) atoms. The largest absolute Gasteiger partial charge is 0.368 e. The molecule has 0 saturated carbocycles. The summed E-state index contributed by atoms with van der Waals surface area (Å²) in [6, 6.07) is 0. The Balaban J connectivity index is 0.00000280. The number of nitrogens with one attached hydrogen (secondary N) is 1. The quantitative estimate of drug-likeness (QED) is 0.370. The molecule has 3 rings (SSSR count). The number of carbonyl (C=O) groups excluding carboxylic acids is 1. The van der Waals surface area contributed by atoms with Gasteiger partial charge < -0.3 is 19.9 Å². The summed E-state index contributed by atoms with van der Waals surface area (Å²) in [6.07, 6.45) is 4.02. The van der Waals surface area contributed by atoms with Crippen molar-refractivity contribution in [2.45, 2.75) is 39.0 Å². The minimum Gasteiger partial charge on any atom is -0.368 e. The summed E-state index contributed by atoms with van der Waals surface area (Å²) < 4.78 is 32.2. The fraction of sp³-hybridized carbons (Fsp3) is 0.706. The van der Waals surface area contributed by atoms with Gasteiger partial charge >= 0.3 is 6.55 Å². The molecular weight excluding hydrogens is 485 g/mol. The number of amides is 1. The van der Waals surface area contributed by atoms with Crippen molar-refractivity contribution >= 4 is 35.8 Å². The summed E-state index contributed by atoms with van der Waals surface area (Å²) >= 11 is 0. The first-order valence-corrected chi connectivity index (χ1v) is 9.33. The van der Waals surface area contributed by atoms with Gasteiger partial charge in [0.05, 0.1) is 0 Å². The highest BCUT2D eigenvalue weighted by Crippen LogP contribution is 2.16. The average molecular weight is 512 g/mol. The Kier molecular flexibility index (Phi) is 8.86. The number of hydrogen-bond acceptors (Lipinski definition) is 4. The Bertz CT molecular complexity index is 658. The average Bonchev–Trinajstić information content (AvgIpc) is 3.36. The molecule has 11 heteroatoms. The van der Waals surface area contributed by atoms with E-state index >= 15 is 0 Å². The molecule has 8 nitrogen and oxygen atoms in total. The molecular formula is C17H27F2IN6O2. The molecule has 3 heterocycles. The van der Waals surface area contributed by atoms with Crippen LogP contribution in [0.15, 0.2) is 17.4 Å². The molecule has 0 spiro atoms. The molecule has 1 unspecified atom stereocenters. The van der Waals surface area contributed by atoms with Crippen molar-refractivity contribution in [2.24, 2.45) is 4.99 Å². The number of alkyl halides is 2. The minimum absolute atomic E-state index is 0. The predicted octanol–water partition coefficient (Wildman–Crippen LogP) is 1.68. The third-order valence-corrected chi connectivity index (χ3v) is 4.76. The molecule has 0 radical (unpaired) electrons. The maximum absolute atomic E-state index is 12.9. The molecule has 1 aromatic heterocycles. The number of ether oxygens (including phenoxy) is 1. The van der Waals surface area contributed by atoms with Crippen LogP contribution in [-0.2, 0) is 16.1 Å². The zero-order valence-electron chi connectivity index (χ0n) is 15.9. The molecule has 1 atom stereocenters. The molecule has 2 aliphatic heterocycles. The highest BCUT2D eigenvalue weighted by atomic mass is 127. The van der Waals surface area contributed by atoms with E-state index in [1.165, 1.54) is 12.4 Å². The van der Waals surface area contributed by atoms with Crippen LogP contribution in [-0.4, -0.2) is 76.7 Å². The van der Waals surface area contributed by atoms with Crippen molar-refractivity contribution < 1.29 is 18.3 Å². The van der Waals surface area contributed by atoms with E-state index in [1.54, 1.807) is 0 Å². The van der Waals surface area contributed by atoms with Gasteiger partial charge in [0.2, 0.25) is 0 Å². The predicted molar refractivity (Wildman–Crippen MR) is 111 cm³/mol. The zero-order chi connectivity index (χ0) is 19.2. The summed E-state index contributed by atoms with van der Waals surface area (Å²) in [5, 5.41) is 3.19. The Morgan fingerprint density at radius 1 is 1.36 bits per heavy atom. The highest BCUT2D eigenvalue weighted by molar-refractivity contribution is 14.0. The fourth-order valence-electron chi connectivity index (χ4n) is 3.33. The Hall–Kier alpha value is -1.50. The number of carbonyl (C=O) groups is 1. The van der Waals surface area contributed by atoms with Crippen molar-refractivity contribution in [2.75, 3.05) is 39.3 Å². The molecule has 2 saturated heterocycles. The molecule has 1 N–H and O–H groups in total. The lowest BCUT2D eigenvalue weighted by molar-refractivity contribution is -0.142. The van der Waals surface area contributed by atoms with Crippen LogP contribution < -0.4 is 5.32 Å². The van der Waals surface area contributed by atoms with Gasteiger partial charge in [-0.05, 0) is 19.8 Å². The highest BCUT2D eigenvalue weighted by Gasteiger charge is 2.30. The van der Waals surface area contributed by atoms with Crippen LogP contribution in [0.4, 0.5) is 8.78 Å². The number of aliphatic imine (C=N–C) groups is 1. The van der Waals surface area contributed by atoms with Crippen LogP contribution in [0.3, 0.4) is 0 Å². The number of imidazole rings is 1. The normalized spacial score (nSPS) is 20.4. The van der Waals surface area contributed by atoms with Gasteiger partial charge in [0, 0.05) is 51.7 Å². The van der Waals surface area contributed by atoms with Crippen LogP contribution in [0.25, 0.3) is 0 Å². The summed E-state index contributed by atoms with van der Waals surface area (Å²) in [6.45, 7) is 3.15. The number of piperazine rings is 1. The van der Waals surface area contributed by atoms with Gasteiger partial charge in [-0.25, -0.2) is 9.98 Å². The molecule has 2 fully saturated rings. The van der Waals surface area contributed by atoms with E-state index in [0.717, 1.165) is 17.4 Å². The van der Waals surface area contributed by atoms with Gasteiger partial charge in [0.25, 0.3) is 5.91 Å². The fourth-order valence-corrected chi connectivity index (χ4v) is 3.33. The summed E-state index contributed by atoms with van der Waals surface area (Å²) in [5.74, 6) is 0.922. The Morgan fingerprint density at radius 2 is 2.07 bits per heavy atom. The Morgan fingerprint density at radius 3 is 2.68 bits per heavy atom. The molecule has 1 amide bonds. The number of nitrogens with zero attached hydrogens (tertiary/aromatic N) is 5. The van der Waals surface area contributed by atoms with Crippen molar-refractivity contribution in [1.82, 2.24) is 24.7 Å². The van der Waals surface area contributed by atoms with Crippen molar-refractivity contribution in [1.29, 1.82) is 0 Å². The molecule has 1 aromatic rings. The van der Waals surface area contributed by atoms with Crippen molar-refractivity contribution in [3.63, 3.8) is 0 Å². The van der Waals surface area contributed by atoms with Gasteiger partial charge in [-0.3, -0.25) is 9.36 Å². The molecule has 0 aliphatic carbocycles. The van der Waals surface area contributed by atoms with Crippen LogP contribution in [0.5, 0.6) is 0 Å². The Labute approximate surface area is 180 Å². The van der Waals surface area contributed by atoms with Gasteiger partial charge in [-0.2, -0.15) is 8.78 Å². The van der Waals surface area contributed by atoms with Crippen molar-refractivity contribution in [3.8, 4) is 0 Å². The van der Waals surface area contributed by atoms with Crippen molar-refractivity contribution in [3.05, 3.63) is 18.2 Å². The lowest BCUT2D eigenvalue weighted by Gasteiger charge is -2.37. The van der Waals surface area contributed by atoms with E-state index in [9.17, 15) is 13.6 Å². The number of aromatic nitrogens is 2. The minimum atomic E-state index is -2.63.